The molecule has 1 amide bonds. The number of fused-ring (bicyclic) bond motifs is 3. The van der Waals surface area contributed by atoms with Gasteiger partial charge in [-0.15, -0.1) is 0 Å². The van der Waals surface area contributed by atoms with E-state index in [0.29, 0.717) is 22.8 Å². The molecule has 31 heavy (non-hydrogen) atoms. The first kappa shape index (κ1) is 18.8. The average Bonchev–Trinajstić information content (AvgIpc) is 3.18. The van der Waals surface area contributed by atoms with Crippen molar-refractivity contribution in [3.63, 3.8) is 0 Å². The molecule has 0 saturated heterocycles. The second-order valence-electron chi connectivity index (χ2n) is 7.53. The molecule has 0 unspecified atom stereocenters. The fourth-order valence-corrected chi connectivity index (χ4v) is 4.03. The third kappa shape index (κ3) is 3.71. The number of aliphatic imine (C=N–C) groups is 1. The molecule has 1 aliphatic rings. The van der Waals surface area contributed by atoms with Crippen molar-refractivity contribution in [1.82, 2.24) is 0 Å². The zero-order valence-corrected chi connectivity index (χ0v) is 16.9. The highest BCUT2D eigenvalue weighted by molar-refractivity contribution is 6.07. The van der Waals surface area contributed by atoms with E-state index in [1.807, 2.05) is 78.9 Å². The van der Waals surface area contributed by atoms with Crippen LogP contribution in [-0.2, 0) is 6.42 Å². The van der Waals surface area contributed by atoms with Crippen molar-refractivity contribution < 1.29 is 4.79 Å². The van der Waals surface area contributed by atoms with E-state index in [0.717, 1.165) is 23.1 Å². The molecule has 0 atom stereocenters. The maximum absolute atomic E-state index is 13.1. The van der Waals surface area contributed by atoms with Crippen LogP contribution in [0, 0.1) is 0 Å². The highest BCUT2D eigenvalue weighted by Crippen LogP contribution is 2.38. The molecule has 1 aliphatic carbocycles. The average molecular weight is 403 g/mol. The molecule has 4 aromatic carbocycles. The summed E-state index contributed by atoms with van der Waals surface area (Å²) in [6.07, 6.45) is 0.771. The zero-order valence-electron chi connectivity index (χ0n) is 16.9. The van der Waals surface area contributed by atoms with Crippen LogP contribution in [0.1, 0.15) is 27.0 Å². The van der Waals surface area contributed by atoms with Crippen molar-refractivity contribution in [1.29, 1.82) is 0 Å². The molecule has 0 radical (unpaired) electrons. The molecule has 0 aromatic heterocycles. The molecule has 5 rings (SSSR count). The predicted octanol–water partition coefficient (Wildman–Crippen LogP) is 5.55. The Morgan fingerprint density at radius 1 is 0.806 bits per heavy atom. The van der Waals surface area contributed by atoms with Gasteiger partial charge in [0.15, 0.2) is 0 Å². The molecule has 150 valence electrons. The van der Waals surface area contributed by atoms with Crippen LogP contribution in [0.5, 0.6) is 0 Å². The van der Waals surface area contributed by atoms with Crippen molar-refractivity contribution >= 4 is 23.1 Å². The van der Waals surface area contributed by atoms with Gasteiger partial charge >= 0.3 is 0 Å². The minimum Gasteiger partial charge on any atom is -0.383 e. The van der Waals surface area contributed by atoms with Crippen LogP contribution in [-0.4, -0.2) is 11.7 Å². The Balaban J connectivity index is 1.40. The maximum atomic E-state index is 13.1. The quantitative estimate of drug-likeness (QED) is 0.305. The number of hydrogen-bond acceptors (Lipinski definition) is 2. The summed E-state index contributed by atoms with van der Waals surface area (Å²) in [4.78, 5) is 17.6. The number of amidine groups is 1. The van der Waals surface area contributed by atoms with Crippen molar-refractivity contribution in [2.24, 2.45) is 10.7 Å². The van der Waals surface area contributed by atoms with Crippen molar-refractivity contribution in [3.05, 3.63) is 119 Å². The molecule has 3 N–H and O–H groups in total. The largest absolute Gasteiger partial charge is 0.383 e. The van der Waals surface area contributed by atoms with Crippen LogP contribution < -0.4 is 11.1 Å². The van der Waals surface area contributed by atoms with Gasteiger partial charge in [0.25, 0.3) is 5.91 Å². The first-order valence-corrected chi connectivity index (χ1v) is 10.2. The molecule has 4 aromatic rings. The van der Waals surface area contributed by atoms with Crippen LogP contribution in [0.25, 0.3) is 11.1 Å². The van der Waals surface area contributed by atoms with E-state index >= 15 is 0 Å². The lowest BCUT2D eigenvalue weighted by Gasteiger charge is -2.10. The van der Waals surface area contributed by atoms with E-state index in [1.165, 1.54) is 11.1 Å². The first-order chi connectivity index (χ1) is 15.2. The number of benzene rings is 4. The Hall–Kier alpha value is -4.18. The third-order valence-electron chi connectivity index (χ3n) is 5.52. The number of rotatable bonds is 4. The van der Waals surface area contributed by atoms with Crippen LogP contribution in [0.15, 0.2) is 102 Å². The summed E-state index contributed by atoms with van der Waals surface area (Å²) in [5.41, 5.74) is 13.7. The van der Waals surface area contributed by atoms with E-state index in [4.69, 9.17) is 5.73 Å². The monoisotopic (exact) mass is 403 g/mol. The molecule has 0 spiro atoms. The van der Waals surface area contributed by atoms with Gasteiger partial charge < -0.3 is 11.1 Å². The molecule has 4 heteroatoms. The maximum Gasteiger partial charge on any atom is 0.255 e. The normalized spacial score (nSPS) is 12.2. The minimum atomic E-state index is -0.123. The van der Waals surface area contributed by atoms with E-state index in [9.17, 15) is 4.79 Å². The van der Waals surface area contributed by atoms with Gasteiger partial charge in [-0.25, -0.2) is 4.99 Å². The van der Waals surface area contributed by atoms with Gasteiger partial charge in [-0.05, 0) is 52.9 Å². The lowest BCUT2D eigenvalue weighted by molar-refractivity contribution is 0.102. The number of amides is 1. The van der Waals surface area contributed by atoms with Gasteiger partial charge in [0.05, 0.1) is 5.69 Å². The molecular weight excluding hydrogens is 382 g/mol. The van der Waals surface area contributed by atoms with Crippen molar-refractivity contribution in [3.8, 4) is 11.1 Å². The van der Waals surface area contributed by atoms with Crippen molar-refractivity contribution in [2.75, 3.05) is 5.32 Å². The summed E-state index contributed by atoms with van der Waals surface area (Å²) in [7, 11) is 0. The summed E-state index contributed by atoms with van der Waals surface area (Å²) in [5, 5.41) is 3.02. The van der Waals surface area contributed by atoms with Gasteiger partial charge in [0.1, 0.15) is 5.84 Å². The fourth-order valence-electron chi connectivity index (χ4n) is 4.03. The summed E-state index contributed by atoms with van der Waals surface area (Å²) in [6, 6.07) is 31.2. The second-order valence-corrected chi connectivity index (χ2v) is 7.53. The SMILES string of the molecule is NC(=Nc1cccc(NC(=O)c2cccc3c2Cc2ccccc2-3)c1)c1ccccc1. The van der Waals surface area contributed by atoms with E-state index in [1.54, 1.807) is 0 Å². The molecule has 0 aliphatic heterocycles. The summed E-state index contributed by atoms with van der Waals surface area (Å²) in [6.45, 7) is 0. The predicted molar refractivity (Wildman–Crippen MR) is 126 cm³/mol. The highest BCUT2D eigenvalue weighted by atomic mass is 16.1. The number of hydrogen-bond donors (Lipinski definition) is 2. The van der Waals surface area contributed by atoms with Gasteiger partial charge in [-0.1, -0.05) is 72.8 Å². The number of nitrogens with zero attached hydrogens (tertiary/aromatic N) is 1. The standard InChI is InChI=1S/C27H21N3O/c28-26(18-8-2-1-3-9-18)29-20-11-6-12-21(17-20)30-27(31)24-15-7-14-23-22-13-5-4-10-19(22)16-25(23)24/h1-15,17H,16H2,(H2,28,29)(H,30,31). The van der Waals surface area contributed by atoms with Gasteiger partial charge in [0.2, 0.25) is 0 Å². The third-order valence-corrected chi connectivity index (χ3v) is 5.52. The van der Waals surface area contributed by atoms with Gasteiger partial charge in [-0.3, -0.25) is 4.79 Å². The Bertz CT molecular complexity index is 1310. The zero-order chi connectivity index (χ0) is 21.2. The fraction of sp³-hybridized carbons (Fsp3) is 0.0370. The number of nitrogens with two attached hydrogens (primary N) is 1. The van der Waals surface area contributed by atoms with Crippen LogP contribution in [0.2, 0.25) is 0 Å². The molecule has 4 nitrogen and oxygen atoms in total. The van der Waals surface area contributed by atoms with Gasteiger partial charge in [0, 0.05) is 16.8 Å². The Labute approximate surface area is 181 Å². The topological polar surface area (TPSA) is 67.5 Å². The smallest absolute Gasteiger partial charge is 0.255 e. The number of carbonyl (C=O) groups excluding carboxylic acids is 1. The minimum absolute atomic E-state index is 0.123. The lowest BCUT2D eigenvalue weighted by Crippen LogP contribution is -2.14. The summed E-state index contributed by atoms with van der Waals surface area (Å²) in [5.74, 6) is 0.310. The number of anilines is 1. The highest BCUT2D eigenvalue weighted by Gasteiger charge is 2.23. The Morgan fingerprint density at radius 3 is 2.42 bits per heavy atom. The van der Waals surface area contributed by atoms with E-state index in [-0.39, 0.29) is 5.91 Å². The summed E-state index contributed by atoms with van der Waals surface area (Å²) < 4.78 is 0. The number of carbonyl (C=O) groups is 1. The van der Waals surface area contributed by atoms with Gasteiger partial charge in [-0.2, -0.15) is 0 Å². The molecule has 0 fully saturated rings. The first-order valence-electron chi connectivity index (χ1n) is 10.2. The van der Waals surface area contributed by atoms with E-state index in [2.05, 4.69) is 28.5 Å². The Kier molecular flexibility index (Phi) is 4.81. The van der Waals surface area contributed by atoms with Crippen molar-refractivity contribution in [2.45, 2.75) is 6.42 Å². The molecule has 0 bridgehead atoms. The molecule has 0 saturated carbocycles. The lowest BCUT2D eigenvalue weighted by atomic mass is 10.0. The van der Waals surface area contributed by atoms with E-state index < -0.39 is 0 Å². The summed E-state index contributed by atoms with van der Waals surface area (Å²) >= 11 is 0. The molecule has 0 heterocycles. The molecular formula is C27H21N3O. The number of nitrogens with one attached hydrogen (secondary N) is 1. The van der Waals surface area contributed by atoms with Crippen LogP contribution in [0.3, 0.4) is 0 Å². The second kappa shape index (κ2) is 7.92. The van der Waals surface area contributed by atoms with Crippen LogP contribution >= 0.6 is 0 Å². The van der Waals surface area contributed by atoms with Crippen LogP contribution in [0.4, 0.5) is 11.4 Å². The Morgan fingerprint density at radius 2 is 1.55 bits per heavy atom.